The number of nitrogens with one attached hydrogen (secondary N) is 2. The van der Waals surface area contributed by atoms with Crippen molar-refractivity contribution in [2.75, 3.05) is 17.7 Å². The molecule has 0 saturated carbocycles. The standard InChI is InChI=1S/C21H18F5N3O4S2/c1-20(21(24,25)26)8-12(11-4-5-13(22)16(23)17(11)33-2)18(34-20)19(30)29-10-3-6-14-15(7-10)35(31,32)28-9-27-14/h3-7,9,12,18H,8H2,1-2H3,(H,27,28)(H,29,30). The molecular formula is C21H18F5N3O4S2. The third kappa shape index (κ3) is 4.44. The van der Waals surface area contributed by atoms with E-state index in [-0.39, 0.29) is 21.8 Å². The molecule has 2 N–H and O–H groups in total. The number of hydrogen-bond acceptors (Lipinski definition) is 6. The van der Waals surface area contributed by atoms with E-state index in [0.29, 0.717) is 11.8 Å². The van der Waals surface area contributed by atoms with Crippen LogP contribution < -0.4 is 15.4 Å². The number of hydrogen-bond donors (Lipinski definition) is 2. The summed E-state index contributed by atoms with van der Waals surface area (Å²) < 4.78 is 100. The number of alkyl halides is 3. The first-order valence-corrected chi connectivity index (χ1v) is 12.4. The zero-order valence-electron chi connectivity index (χ0n) is 18.1. The summed E-state index contributed by atoms with van der Waals surface area (Å²) in [6.45, 7) is 0.930. The van der Waals surface area contributed by atoms with Crippen molar-refractivity contribution in [1.29, 1.82) is 0 Å². The topological polar surface area (TPSA) is 96.9 Å². The van der Waals surface area contributed by atoms with Crippen LogP contribution in [-0.2, 0) is 14.8 Å². The molecular weight excluding hydrogens is 517 g/mol. The summed E-state index contributed by atoms with van der Waals surface area (Å²) in [6, 6.07) is 5.72. The van der Waals surface area contributed by atoms with Gasteiger partial charge < -0.3 is 15.4 Å². The Balaban J connectivity index is 1.71. The number of sulfonamides is 1. The molecule has 0 aliphatic carbocycles. The van der Waals surface area contributed by atoms with Crippen LogP contribution in [0.3, 0.4) is 0 Å². The zero-order chi connectivity index (χ0) is 25.8. The average molecular weight is 536 g/mol. The van der Waals surface area contributed by atoms with Gasteiger partial charge in [0.05, 0.1) is 18.0 Å². The molecule has 1 amide bonds. The van der Waals surface area contributed by atoms with Crippen LogP contribution in [0, 0.1) is 11.6 Å². The molecule has 1 fully saturated rings. The number of benzene rings is 2. The summed E-state index contributed by atoms with van der Waals surface area (Å²) in [5.41, 5.74) is 0.134. The molecule has 3 unspecified atom stereocenters. The molecule has 1 saturated heterocycles. The van der Waals surface area contributed by atoms with Crippen LogP contribution in [-0.4, -0.2) is 43.9 Å². The molecule has 2 heterocycles. The smallest absolute Gasteiger partial charge is 0.403 e. The largest absolute Gasteiger partial charge is 0.493 e. The molecule has 7 nitrogen and oxygen atoms in total. The van der Waals surface area contributed by atoms with Crippen molar-refractivity contribution in [3.63, 3.8) is 0 Å². The van der Waals surface area contributed by atoms with E-state index in [2.05, 4.69) is 15.0 Å². The van der Waals surface area contributed by atoms with Gasteiger partial charge in [-0.15, -0.1) is 16.2 Å². The highest BCUT2D eigenvalue weighted by atomic mass is 32.2. The van der Waals surface area contributed by atoms with E-state index in [9.17, 15) is 35.2 Å². The van der Waals surface area contributed by atoms with Crippen LogP contribution in [0.2, 0.25) is 0 Å². The van der Waals surface area contributed by atoms with Crippen molar-refractivity contribution in [1.82, 2.24) is 0 Å². The van der Waals surface area contributed by atoms with Crippen molar-refractivity contribution in [3.8, 4) is 5.75 Å². The number of ether oxygens (including phenoxy) is 1. The average Bonchev–Trinajstić information content (AvgIpc) is 3.15. The number of anilines is 2. The number of carbonyl (C=O) groups excluding carboxylic acids is 1. The highest BCUT2D eigenvalue weighted by Gasteiger charge is 2.60. The van der Waals surface area contributed by atoms with Gasteiger partial charge in [-0.25, -0.2) is 4.39 Å². The van der Waals surface area contributed by atoms with Crippen LogP contribution in [0.25, 0.3) is 0 Å². The van der Waals surface area contributed by atoms with Crippen LogP contribution in [0.5, 0.6) is 5.75 Å². The van der Waals surface area contributed by atoms with Gasteiger partial charge in [0, 0.05) is 17.2 Å². The van der Waals surface area contributed by atoms with E-state index in [4.69, 9.17) is 4.74 Å². The Bertz CT molecular complexity index is 1330. The Kier molecular flexibility index (Phi) is 6.24. The molecule has 2 aliphatic heterocycles. The predicted molar refractivity (Wildman–Crippen MR) is 120 cm³/mol. The number of fused-ring (bicyclic) bond motifs is 1. The maximum atomic E-state index is 14.3. The molecule has 2 aliphatic rings. The minimum Gasteiger partial charge on any atom is -0.493 e. The molecule has 3 atom stereocenters. The van der Waals surface area contributed by atoms with Crippen molar-refractivity contribution < 1.29 is 39.9 Å². The Morgan fingerprint density at radius 3 is 2.63 bits per heavy atom. The summed E-state index contributed by atoms with van der Waals surface area (Å²) >= 11 is 0.345. The number of halogens is 5. The lowest BCUT2D eigenvalue weighted by atomic mass is 9.85. The van der Waals surface area contributed by atoms with E-state index in [1.165, 1.54) is 12.1 Å². The van der Waals surface area contributed by atoms with E-state index < -0.39 is 61.8 Å². The number of thioether (sulfide) groups is 1. The summed E-state index contributed by atoms with van der Waals surface area (Å²) in [5.74, 6) is -5.26. The second-order valence-electron chi connectivity index (χ2n) is 8.12. The van der Waals surface area contributed by atoms with Gasteiger partial charge >= 0.3 is 6.18 Å². The van der Waals surface area contributed by atoms with Crippen molar-refractivity contribution in [2.24, 2.45) is 4.40 Å². The summed E-state index contributed by atoms with van der Waals surface area (Å²) in [5, 5.41) is 3.70. The van der Waals surface area contributed by atoms with Crippen LogP contribution in [0.1, 0.15) is 24.8 Å². The number of rotatable bonds is 4. The predicted octanol–water partition coefficient (Wildman–Crippen LogP) is 4.66. The Morgan fingerprint density at radius 1 is 1.26 bits per heavy atom. The van der Waals surface area contributed by atoms with E-state index >= 15 is 0 Å². The lowest BCUT2D eigenvalue weighted by molar-refractivity contribution is -0.155. The highest BCUT2D eigenvalue weighted by molar-refractivity contribution is 8.02. The molecule has 4 rings (SSSR count). The molecule has 2 aromatic carbocycles. The first kappa shape index (κ1) is 25.2. The second kappa shape index (κ2) is 8.66. The minimum atomic E-state index is -4.71. The Labute approximate surface area is 201 Å². The van der Waals surface area contributed by atoms with Gasteiger partial charge in [0.1, 0.15) is 16.0 Å². The quantitative estimate of drug-likeness (QED) is 0.553. The van der Waals surface area contributed by atoms with Gasteiger partial charge in [0.2, 0.25) is 11.7 Å². The lowest BCUT2D eigenvalue weighted by Gasteiger charge is -2.26. The van der Waals surface area contributed by atoms with Gasteiger partial charge in [-0.3, -0.25) is 4.79 Å². The van der Waals surface area contributed by atoms with Crippen LogP contribution in [0.15, 0.2) is 39.6 Å². The monoisotopic (exact) mass is 535 g/mol. The van der Waals surface area contributed by atoms with Crippen molar-refractivity contribution in [2.45, 2.75) is 40.3 Å². The number of nitrogens with zero attached hydrogens (tertiary/aromatic N) is 1. The third-order valence-electron chi connectivity index (χ3n) is 5.84. The first-order chi connectivity index (χ1) is 16.3. The van der Waals surface area contributed by atoms with E-state index in [0.717, 1.165) is 38.6 Å². The van der Waals surface area contributed by atoms with Gasteiger partial charge in [0.25, 0.3) is 10.0 Å². The minimum absolute atomic E-state index is 0.00781. The maximum absolute atomic E-state index is 14.3. The Hall–Kier alpha value is -2.87. The van der Waals surface area contributed by atoms with Gasteiger partial charge in [-0.05, 0) is 37.6 Å². The second-order valence-corrected chi connectivity index (χ2v) is 11.4. The fraction of sp³-hybridized carbons (Fsp3) is 0.333. The summed E-state index contributed by atoms with van der Waals surface area (Å²) in [4.78, 5) is 13.0. The number of methoxy groups -OCH3 is 1. The number of carbonyl (C=O) groups is 1. The fourth-order valence-corrected chi connectivity index (χ4v) is 6.57. The van der Waals surface area contributed by atoms with E-state index in [1.807, 2.05) is 0 Å². The van der Waals surface area contributed by atoms with Gasteiger partial charge in [0.15, 0.2) is 11.6 Å². The van der Waals surface area contributed by atoms with Crippen molar-refractivity contribution in [3.05, 3.63) is 47.5 Å². The maximum Gasteiger partial charge on any atom is 0.403 e. The molecule has 0 aromatic heterocycles. The molecule has 0 radical (unpaired) electrons. The first-order valence-electron chi connectivity index (χ1n) is 10.0. The SMILES string of the molecule is COc1c(C2CC(C)(C(F)(F)F)SC2C(=O)Nc2ccc3c(c2)S(=O)(=O)N=CN3)ccc(F)c1F. The fourth-order valence-electron chi connectivity index (χ4n) is 4.04. The molecule has 0 bridgehead atoms. The highest BCUT2D eigenvalue weighted by Crippen LogP contribution is 2.59. The van der Waals surface area contributed by atoms with Crippen LogP contribution >= 0.6 is 11.8 Å². The van der Waals surface area contributed by atoms with Crippen molar-refractivity contribution >= 4 is 45.4 Å². The summed E-state index contributed by atoms with van der Waals surface area (Å²) in [7, 11) is -2.97. The summed E-state index contributed by atoms with van der Waals surface area (Å²) in [6.07, 6.45) is -4.32. The third-order valence-corrected chi connectivity index (χ3v) is 8.83. The lowest BCUT2D eigenvalue weighted by Crippen LogP contribution is -2.37. The number of amides is 1. The molecule has 2 aromatic rings. The van der Waals surface area contributed by atoms with Gasteiger partial charge in [-0.2, -0.15) is 26.0 Å². The van der Waals surface area contributed by atoms with Crippen LogP contribution in [0.4, 0.5) is 33.3 Å². The zero-order valence-corrected chi connectivity index (χ0v) is 19.7. The normalized spacial score (nSPS) is 25.0. The molecule has 14 heteroatoms. The van der Waals surface area contributed by atoms with E-state index in [1.54, 1.807) is 0 Å². The molecule has 188 valence electrons. The molecule has 0 spiro atoms. The van der Waals surface area contributed by atoms with Gasteiger partial charge in [-0.1, -0.05) is 6.07 Å². The Morgan fingerprint density at radius 2 is 1.97 bits per heavy atom. The molecule has 35 heavy (non-hydrogen) atoms.